The molecule has 0 radical (unpaired) electrons. The fourth-order valence-corrected chi connectivity index (χ4v) is 1.32. The number of nitrogens with one attached hydrogen (secondary N) is 1. The zero-order valence-corrected chi connectivity index (χ0v) is 11.0. The Labute approximate surface area is 106 Å². The predicted octanol–water partition coefficient (Wildman–Crippen LogP) is 2.38. The van der Waals surface area contributed by atoms with Crippen molar-refractivity contribution in [1.82, 2.24) is 5.43 Å². The molecule has 0 fully saturated rings. The monoisotopic (exact) mass is 250 g/mol. The third kappa shape index (κ3) is 3.76. The van der Waals surface area contributed by atoms with Gasteiger partial charge in [0.05, 0.1) is 13.3 Å². The number of phenols is 1. The summed E-state index contributed by atoms with van der Waals surface area (Å²) in [4.78, 5) is 10.8. The van der Waals surface area contributed by atoms with Crippen molar-refractivity contribution in [1.29, 1.82) is 0 Å². The molecule has 1 aromatic rings. The Hall–Kier alpha value is -2.04. The maximum absolute atomic E-state index is 10.8. The number of nitrogens with zero attached hydrogens (tertiary/aromatic N) is 1. The summed E-state index contributed by atoms with van der Waals surface area (Å²) in [6.07, 6.45) is 0.722. The molecule has 2 N–H and O–H groups in total. The number of hydrogen-bond donors (Lipinski definition) is 2. The van der Waals surface area contributed by atoms with Crippen molar-refractivity contribution in [2.24, 2.45) is 5.10 Å². The van der Waals surface area contributed by atoms with Gasteiger partial charge < -0.3 is 9.84 Å². The number of carbonyl (C=O) groups is 1. The van der Waals surface area contributed by atoms with E-state index in [-0.39, 0.29) is 11.2 Å². The van der Waals surface area contributed by atoms with E-state index < -0.39 is 6.09 Å². The highest BCUT2D eigenvalue weighted by Crippen LogP contribution is 2.26. The summed E-state index contributed by atoms with van der Waals surface area (Å²) in [6.45, 7) is 6.23. The fourth-order valence-electron chi connectivity index (χ4n) is 1.32. The second kappa shape index (κ2) is 5.53. The van der Waals surface area contributed by atoms with Crippen LogP contribution in [0.3, 0.4) is 0 Å². The van der Waals surface area contributed by atoms with E-state index in [1.165, 1.54) is 13.3 Å². The lowest BCUT2D eigenvalue weighted by molar-refractivity contribution is 0.171. The second-order valence-electron chi connectivity index (χ2n) is 4.89. The Morgan fingerprint density at radius 3 is 2.67 bits per heavy atom. The van der Waals surface area contributed by atoms with Crippen molar-refractivity contribution >= 4 is 12.3 Å². The van der Waals surface area contributed by atoms with Crippen LogP contribution in [0.15, 0.2) is 23.3 Å². The van der Waals surface area contributed by atoms with Gasteiger partial charge >= 0.3 is 6.09 Å². The summed E-state index contributed by atoms with van der Waals surface area (Å²) < 4.78 is 4.37. The quantitative estimate of drug-likeness (QED) is 0.625. The smallest absolute Gasteiger partial charge is 0.427 e. The first-order valence-corrected chi connectivity index (χ1v) is 5.55. The number of hydrogen-bond acceptors (Lipinski definition) is 4. The van der Waals surface area contributed by atoms with Gasteiger partial charge in [0.25, 0.3) is 0 Å². The first-order chi connectivity index (χ1) is 8.34. The number of methoxy groups -OCH3 is 1. The largest absolute Gasteiger partial charge is 0.507 e. The van der Waals surface area contributed by atoms with Crippen molar-refractivity contribution in [3.8, 4) is 5.75 Å². The normalized spacial score (nSPS) is 11.6. The minimum atomic E-state index is -0.655. The van der Waals surface area contributed by atoms with E-state index in [1.807, 2.05) is 12.1 Å². The minimum absolute atomic E-state index is 0.0218. The molecule has 0 unspecified atom stereocenters. The average molecular weight is 250 g/mol. The van der Waals surface area contributed by atoms with Crippen LogP contribution >= 0.6 is 0 Å². The first-order valence-electron chi connectivity index (χ1n) is 5.55. The number of ether oxygens (including phenoxy) is 1. The standard InChI is InChI=1S/C13H18N2O3/c1-13(2,3)10-5-6-11(16)9(7-10)8-14-15-12(17)18-4/h5-8,16H,1-4H3,(H,15,17)/b14-8-. The molecule has 0 aliphatic heterocycles. The van der Waals surface area contributed by atoms with Gasteiger partial charge in [-0.3, -0.25) is 0 Å². The minimum Gasteiger partial charge on any atom is -0.507 e. The highest BCUT2D eigenvalue weighted by atomic mass is 16.5. The zero-order valence-electron chi connectivity index (χ0n) is 11.0. The first kappa shape index (κ1) is 14.0. The molecule has 5 nitrogen and oxygen atoms in total. The molecule has 5 heteroatoms. The van der Waals surface area contributed by atoms with Gasteiger partial charge in [-0.25, -0.2) is 10.2 Å². The Bertz CT molecular complexity index is 462. The highest BCUT2D eigenvalue weighted by Gasteiger charge is 2.14. The van der Waals surface area contributed by atoms with E-state index in [4.69, 9.17) is 0 Å². The van der Waals surface area contributed by atoms with Crippen LogP contribution < -0.4 is 5.43 Å². The number of phenolic OH excluding ortho intramolecular Hbond substituents is 1. The zero-order chi connectivity index (χ0) is 13.8. The van der Waals surface area contributed by atoms with Crippen molar-refractivity contribution in [3.63, 3.8) is 0 Å². The van der Waals surface area contributed by atoms with Gasteiger partial charge in [0.15, 0.2) is 0 Å². The van der Waals surface area contributed by atoms with Crippen molar-refractivity contribution < 1.29 is 14.6 Å². The van der Waals surface area contributed by atoms with Gasteiger partial charge in [0.2, 0.25) is 0 Å². The lowest BCUT2D eigenvalue weighted by atomic mass is 9.86. The van der Waals surface area contributed by atoms with Gasteiger partial charge in [-0.2, -0.15) is 5.10 Å². The van der Waals surface area contributed by atoms with Gasteiger partial charge in [0, 0.05) is 5.56 Å². The summed E-state index contributed by atoms with van der Waals surface area (Å²) in [7, 11) is 1.25. The van der Waals surface area contributed by atoms with E-state index in [0.29, 0.717) is 5.56 Å². The van der Waals surface area contributed by atoms with E-state index in [1.54, 1.807) is 6.07 Å². The number of amides is 1. The fraction of sp³-hybridized carbons (Fsp3) is 0.385. The molecule has 0 aromatic heterocycles. The molecule has 0 saturated heterocycles. The number of hydrazone groups is 1. The third-order valence-corrected chi connectivity index (χ3v) is 2.44. The van der Waals surface area contributed by atoms with E-state index in [9.17, 15) is 9.90 Å². The Morgan fingerprint density at radius 1 is 1.44 bits per heavy atom. The Kier molecular flexibility index (Phi) is 4.31. The molecule has 18 heavy (non-hydrogen) atoms. The molecule has 0 aliphatic rings. The summed E-state index contributed by atoms with van der Waals surface area (Å²) in [5.74, 6) is 0.110. The summed E-state index contributed by atoms with van der Waals surface area (Å²) in [5, 5.41) is 13.4. The molecule has 1 rings (SSSR count). The van der Waals surface area contributed by atoms with Crippen LogP contribution in [0.25, 0.3) is 0 Å². The molecule has 0 aliphatic carbocycles. The SMILES string of the molecule is COC(=O)N/N=C\c1cc(C(C)(C)C)ccc1O. The number of benzene rings is 1. The van der Waals surface area contributed by atoms with E-state index in [2.05, 4.69) is 36.0 Å². The van der Waals surface area contributed by atoms with Crippen LogP contribution in [0, 0.1) is 0 Å². The summed E-state index contributed by atoms with van der Waals surface area (Å²) in [6, 6.07) is 5.30. The van der Waals surface area contributed by atoms with Crippen molar-refractivity contribution in [2.45, 2.75) is 26.2 Å². The molecule has 0 atom stereocenters. The third-order valence-electron chi connectivity index (χ3n) is 2.44. The van der Waals surface area contributed by atoms with Crippen LogP contribution in [0.1, 0.15) is 31.9 Å². The number of aromatic hydroxyl groups is 1. The highest BCUT2D eigenvalue weighted by molar-refractivity contribution is 5.84. The molecular weight excluding hydrogens is 232 g/mol. The number of rotatable bonds is 2. The summed E-state index contributed by atoms with van der Waals surface area (Å²) >= 11 is 0. The Morgan fingerprint density at radius 2 is 2.11 bits per heavy atom. The van der Waals surface area contributed by atoms with Crippen LogP contribution in [0.2, 0.25) is 0 Å². The van der Waals surface area contributed by atoms with Gasteiger partial charge in [-0.05, 0) is 23.1 Å². The summed E-state index contributed by atoms with van der Waals surface area (Å²) in [5.41, 5.74) is 3.75. The van der Waals surface area contributed by atoms with Crippen LogP contribution in [-0.2, 0) is 10.2 Å². The molecule has 0 bridgehead atoms. The van der Waals surface area contributed by atoms with Gasteiger partial charge in [-0.15, -0.1) is 0 Å². The molecule has 0 spiro atoms. The van der Waals surface area contributed by atoms with Gasteiger partial charge in [-0.1, -0.05) is 26.8 Å². The molecule has 1 amide bonds. The lowest BCUT2D eigenvalue weighted by Crippen LogP contribution is -2.17. The Balaban J connectivity index is 2.91. The topological polar surface area (TPSA) is 70.9 Å². The maximum Gasteiger partial charge on any atom is 0.427 e. The lowest BCUT2D eigenvalue weighted by Gasteiger charge is -2.19. The average Bonchev–Trinajstić information content (AvgIpc) is 2.29. The second-order valence-corrected chi connectivity index (χ2v) is 4.89. The molecule has 0 saturated carbocycles. The molecule has 1 aromatic carbocycles. The maximum atomic E-state index is 10.8. The molecular formula is C13H18N2O3. The van der Waals surface area contributed by atoms with Crippen molar-refractivity contribution in [3.05, 3.63) is 29.3 Å². The molecule has 0 heterocycles. The van der Waals surface area contributed by atoms with E-state index >= 15 is 0 Å². The van der Waals surface area contributed by atoms with Crippen LogP contribution in [-0.4, -0.2) is 24.5 Å². The van der Waals surface area contributed by atoms with Crippen LogP contribution in [0.5, 0.6) is 5.75 Å². The predicted molar refractivity (Wildman–Crippen MR) is 69.9 cm³/mol. The van der Waals surface area contributed by atoms with Crippen molar-refractivity contribution in [2.75, 3.05) is 7.11 Å². The number of carbonyl (C=O) groups excluding carboxylic acids is 1. The molecule has 98 valence electrons. The van der Waals surface area contributed by atoms with Gasteiger partial charge in [0.1, 0.15) is 5.75 Å². The van der Waals surface area contributed by atoms with E-state index in [0.717, 1.165) is 5.56 Å². The van der Waals surface area contributed by atoms with Crippen LogP contribution in [0.4, 0.5) is 4.79 Å².